The minimum atomic E-state index is 0.665. The minimum Gasteiger partial charge on any atom is -0.491 e. The smallest absolute Gasteiger partial charge is 0.144 e. The number of para-hydroxylation sites is 1. The molecule has 0 saturated carbocycles. The normalized spacial score (nSPS) is 12.2. The summed E-state index contributed by atoms with van der Waals surface area (Å²) in [5.74, 6) is 0.778. The van der Waals surface area contributed by atoms with Crippen LogP contribution in [-0.4, -0.2) is 24.7 Å². The van der Waals surface area contributed by atoms with E-state index in [4.69, 9.17) is 10.5 Å². The van der Waals surface area contributed by atoms with E-state index in [-0.39, 0.29) is 0 Å². The number of hydrogen-bond donors (Lipinski definition) is 2. The molecule has 1 aromatic carbocycles. The molecule has 0 aromatic heterocycles. The number of anilines is 2. The second-order valence-corrected chi connectivity index (χ2v) is 5.60. The number of nitrogen functional groups attached to an aromatic ring is 1. The molecule has 3 nitrogen and oxygen atoms in total. The molecule has 0 aliphatic heterocycles. The molecule has 18 heavy (non-hydrogen) atoms. The molecule has 0 radical (unpaired) electrons. The van der Waals surface area contributed by atoms with Crippen molar-refractivity contribution in [2.45, 2.75) is 31.9 Å². The van der Waals surface area contributed by atoms with Crippen molar-refractivity contribution in [3.63, 3.8) is 0 Å². The van der Waals surface area contributed by atoms with Crippen LogP contribution in [0.4, 0.5) is 11.4 Å². The maximum Gasteiger partial charge on any atom is 0.144 e. The zero-order chi connectivity index (χ0) is 13.4. The van der Waals surface area contributed by atoms with Gasteiger partial charge < -0.3 is 15.8 Å². The Morgan fingerprint density at radius 3 is 2.89 bits per heavy atom. The number of ether oxygens (including phenoxy) is 1. The number of nitrogens with one attached hydrogen (secondary N) is 1. The fourth-order valence-corrected chi connectivity index (χ4v) is 1.92. The molecule has 0 amide bonds. The molecule has 3 N–H and O–H groups in total. The first kappa shape index (κ1) is 15.0. The van der Waals surface area contributed by atoms with Gasteiger partial charge in [0, 0.05) is 11.8 Å². The van der Waals surface area contributed by atoms with Crippen LogP contribution in [0.15, 0.2) is 18.2 Å². The quantitative estimate of drug-likeness (QED) is 0.707. The zero-order valence-electron chi connectivity index (χ0n) is 11.5. The Bertz CT molecular complexity index is 358. The summed E-state index contributed by atoms with van der Waals surface area (Å²) in [5, 5.41) is 4.04. The van der Waals surface area contributed by atoms with E-state index in [2.05, 4.69) is 25.4 Å². The standard InChI is InChI=1S/C14H24N2OS/c1-4-10-17-13-7-5-6-12(14(13)15)16-9-8-11(2)18-3/h5-7,11,16H,4,8-10,15H2,1-3H3. The first-order valence-corrected chi connectivity index (χ1v) is 7.75. The summed E-state index contributed by atoms with van der Waals surface area (Å²) in [6, 6.07) is 5.89. The Kier molecular flexibility index (Phi) is 6.80. The zero-order valence-corrected chi connectivity index (χ0v) is 12.3. The third kappa shape index (κ3) is 4.69. The summed E-state index contributed by atoms with van der Waals surface area (Å²) < 4.78 is 5.61. The molecule has 0 heterocycles. The molecule has 0 aliphatic carbocycles. The third-order valence-electron chi connectivity index (χ3n) is 2.80. The SMILES string of the molecule is CCCOc1cccc(NCCC(C)SC)c1N. The second-order valence-electron chi connectivity index (χ2n) is 4.33. The van der Waals surface area contributed by atoms with E-state index in [0.717, 1.165) is 30.8 Å². The Hall–Kier alpha value is -1.03. The maximum absolute atomic E-state index is 6.08. The molecule has 0 fully saturated rings. The number of nitrogens with two attached hydrogens (primary N) is 1. The van der Waals surface area contributed by atoms with Gasteiger partial charge in [-0.3, -0.25) is 0 Å². The molecule has 0 bridgehead atoms. The van der Waals surface area contributed by atoms with Crippen molar-refractivity contribution < 1.29 is 4.74 Å². The summed E-state index contributed by atoms with van der Waals surface area (Å²) in [6.07, 6.45) is 4.25. The number of thioether (sulfide) groups is 1. The van der Waals surface area contributed by atoms with Crippen LogP contribution in [0.25, 0.3) is 0 Å². The van der Waals surface area contributed by atoms with E-state index in [1.165, 1.54) is 0 Å². The fraction of sp³-hybridized carbons (Fsp3) is 0.571. The van der Waals surface area contributed by atoms with Crippen molar-refractivity contribution in [2.75, 3.05) is 30.5 Å². The molecule has 1 atom stereocenters. The van der Waals surface area contributed by atoms with Crippen LogP contribution in [-0.2, 0) is 0 Å². The second kappa shape index (κ2) is 8.14. The summed E-state index contributed by atoms with van der Waals surface area (Å²) in [7, 11) is 0. The maximum atomic E-state index is 6.08. The van der Waals surface area contributed by atoms with Gasteiger partial charge in [0.15, 0.2) is 0 Å². The monoisotopic (exact) mass is 268 g/mol. The molecular weight excluding hydrogens is 244 g/mol. The van der Waals surface area contributed by atoms with E-state index in [1.54, 1.807) is 0 Å². The van der Waals surface area contributed by atoms with Crippen molar-refractivity contribution in [3.05, 3.63) is 18.2 Å². The Morgan fingerprint density at radius 2 is 2.22 bits per heavy atom. The number of hydrogen-bond acceptors (Lipinski definition) is 4. The molecule has 0 aliphatic rings. The van der Waals surface area contributed by atoms with Crippen LogP contribution in [0.3, 0.4) is 0 Å². The highest BCUT2D eigenvalue weighted by Crippen LogP contribution is 2.29. The molecule has 1 aromatic rings. The summed E-state index contributed by atoms with van der Waals surface area (Å²) in [4.78, 5) is 0. The molecule has 1 rings (SSSR count). The predicted molar refractivity (Wildman–Crippen MR) is 82.7 cm³/mol. The predicted octanol–water partition coefficient (Wildman–Crippen LogP) is 3.61. The fourth-order valence-electron chi connectivity index (χ4n) is 1.56. The van der Waals surface area contributed by atoms with Crippen LogP contribution in [0, 0.1) is 0 Å². The van der Waals surface area contributed by atoms with Gasteiger partial charge in [-0.25, -0.2) is 0 Å². The molecular formula is C14H24N2OS. The van der Waals surface area contributed by atoms with Crippen molar-refractivity contribution >= 4 is 23.1 Å². The van der Waals surface area contributed by atoms with Gasteiger partial charge in [0.1, 0.15) is 5.75 Å². The first-order valence-electron chi connectivity index (χ1n) is 6.47. The average Bonchev–Trinajstić information content (AvgIpc) is 2.39. The van der Waals surface area contributed by atoms with Crippen molar-refractivity contribution in [3.8, 4) is 5.75 Å². The Balaban J connectivity index is 2.54. The largest absolute Gasteiger partial charge is 0.491 e. The number of benzene rings is 1. The van der Waals surface area contributed by atoms with E-state index >= 15 is 0 Å². The minimum absolute atomic E-state index is 0.665. The lowest BCUT2D eigenvalue weighted by molar-refractivity contribution is 0.319. The lowest BCUT2D eigenvalue weighted by Crippen LogP contribution is -2.10. The van der Waals surface area contributed by atoms with Crippen LogP contribution in [0.2, 0.25) is 0 Å². The van der Waals surface area contributed by atoms with Crippen molar-refractivity contribution in [2.24, 2.45) is 0 Å². The topological polar surface area (TPSA) is 47.3 Å². The van der Waals surface area contributed by atoms with Gasteiger partial charge in [-0.1, -0.05) is 19.9 Å². The highest BCUT2D eigenvalue weighted by molar-refractivity contribution is 7.99. The van der Waals surface area contributed by atoms with Crippen molar-refractivity contribution in [1.82, 2.24) is 0 Å². The van der Waals surface area contributed by atoms with Gasteiger partial charge in [0.25, 0.3) is 0 Å². The lowest BCUT2D eigenvalue weighted by atomic mass is 10.2. The third-order valence-corrected chi connectivity index (χ3v) is 3.84. The first-order chi connectivity index (χ1) is 8.69. The van der Waals surface area contributed by atoms with E-state index < -0.39 is 0 Å². The number of rotatable bonds is 8. The van der Waals surface area contributed by atoms with Gasteiger partial charge in [0.05, 0.1) is 18.0 Å². The Labute approximate surface area is 114 Å². The summed E-state index contributed by atoms with van der Waals surface area (Å²) >= 11 is 1.88. The molecule has 4 heteroatoms. The summed E-state index contributed by atoms with van der Waals surface area (Å²) in [5.41, 5.74) is 7.76. The van der Waals surface area contributed by atoms with E-state index in [0.29, 0.717) is 17.5 Å². The van der Waals surface area contributed by atoms with Gasteiger partial charge in [-0.15, -0.1) is 0 Å². The summed E-state index contributed by atoms with van der Waals surface area (Å²) in [6.45, 7) is 5.96. The molecule has 0 spiro atoms. The van der Waals surface area contributed by atoms with Crippen LogP contribution >= 0.6 is 11.8 Å². The van der Waals surface area contributed by atoms with E-state index in [9.17, 15) is 0 Å². The van der Waals surface area contributed by atoms with Gasteiger partial charge in [0.2, 0.25) is 0 Å². The lowest BCUT2D eigenvalue weighted by Gasteiger charge is -2.14. The molecule has 0 saturated heterocycles. The van der Waals surface area contributed by atoms with E-state index in [1.807, 2.05) is 30.0 Å². The van der Waals surface area contributed by atoms with Crippen molar-refractivity contribution in [1.29, 1.82) is 0 Å². The van der Waals surface area contributed by atoms with Crippen LogP contribution in [0.1, 0.15) is 26.7 Å². The highest BCUT2D eigenvalue weighted by atomic mass is 32.2. The highest BCUT2D eigenvalue weighted by Gasteiger charge is 2.06. The molecule has 102 valence electrons. The van der Waals surface area contributed by atoms with Crippen LogP contribution < -0.4 is 15.8 Å². The average molecular weight is 268 g/mol. The molecule has 1 unspecified atom stereocenters. The van der Waals surface area contributed by atoms with Gasteiger partial charge >= 0.3 is 0 Å². The van der Waals surface area contributed by atoms with Gasteiger partial charge in [-0.2, -0.15) is 11.8 Å². The van der Waals surface area contributed by atoms with Crippen LogP contribution in [0.5, 0.6) is 5.75 Å². The Morgan fingerprint density at radius 1 is 1.44 bits per heavy atom. The van der Waals surface area contributed by atoms with Gasteiger partial charge in [-0.05, 0) is 31.2 Å².